The molecule has 0 aliphatic rings. The Morgan fingerprint density at radius 1 is 1.42 bits per heavy atom. The first kappa shape index (κ1) is 13.3. The Balaban J connectivity index is 2.05. The monoisotopic (exact) mass is 262 g/mol. The van der Waals surface area contributed by atoms with Crippen LogP contribution in [0.4, 0.5) is 4.79 Å². The summed E-state index contributed by atoms with van der Waals surface area (Å²) in [7, 11) is 0. The molecule has 0 aromatic carbocycles. The van der Waals surface area contributed by atoms with Gasteiger partial charge in [-0.15, -0.1) is 0 Å². The van der Waals surface area contributed by atoms with Gasteiger partial charge in [-0.3, -0.25) is 4.98 Å². The maximum atomic E-state index is 12.0. The zero-order chi connectivity index (χ0) is 13.7. The topological polar surface area (TPSA) is 79.8 Å². The second-order valence-corrected chi connectivity index (χ2v) is 4.45. The molecule has 2 aromatic heterocycles. The van der Waals surface area contributed by atoms with Crippen molar-refractivity contribution in [3.63, 3.8) is 0 Å². The molecule has 2 heterocycles. The van der Waals surface area contributed by atoms with Crippen molar-refractivity contribution >= 4 is 17.1 Å². The number of carbonyl (C=O) groups excluding carboxylic acids is 1. The fraction of sp³-hybridized carbons (Fsp3) is 0.462. The van der Waals surface area contributed by atoms with E-state index in [2.05, 4.69) is 22.2 Å². The minimum absolute atomic E-state index is 0.402. The standard InChI is InChI=1S/C13H18N4O2/c1-2-3-4-5-7-15-12(18)17-11-9-14-8-6-10(11)16-13(17)19/h6,8-9H,2-5,7H2,1H3,(H,15,18)(H,16,19). The second-order valence-electron chi connectivity index (χ2n) is 4.45. The summed E-state index contributed by atoms with van der Waals surface area (Å²) in [4.78, 5) is 30.3. The van der Waals surface area contributed by atoms with Crippen LogP contribution < -0.4 is 11.0 Å². The molecule has 2 aromatic rings. The van der Waals surface area contributed by atoms with E-state index in [1.807, 2.05) is 0 Å². The van der Waals surface area contributed by atoms with Crippen LogP contribution in [-0.4, -0.2) is 27.1 Å². The number of pyridine rings is 1. The quantitative estimate of drug-likeness (QED) is 0.807. The highest BCUT2D eigenvalue weighted by molar-refractivity contribution is 5.88. The maximum Gasteiger partial charge on any atom is 0.334 e. The van der Waals surface area contributed by atoms with E-state index in [4.69, 9.17) is 0 Å². The summed E-state index contributed by atoms with van der Waals surface area (Å²) in [5, 5.41) is 2.75. The predicted octanol–water partition coefficient (Wildman–Crippen LogP) is 1.86. The number of aromatic amines is 1. The number of aromatic nitrogens is 3. The normalized spacial score (nSPS) is 10.8. The Morgan fingerprint density at radius 2 is 2.26 bits per heavy atom. The zero-order valence-corrected chi connectivity index (χ0v) is 11.0. The van der Waals surface area contributed by atoms with Crippen molar-refractivity contribution < 1.29 is 4.79 Å². The number of rotatable bonds is 5. The molecule has 6 heteroatoms. The molecule has 0 radical (unpaired) electrons. The number of imidazole rings is 1. The van der Waals surface area contributed by atoms with Gasteiger partial charge in [-0.05, 0) is 12.5 Å². The van der Waals surface area contributed by atoms with Gasteiger partial charge in [0.05, 0.1) is 17.2 Å². The van der Waals surface area contributed by atoms with E-state index in [-0.39, 0.29) is 0 Å². The third kappa shape index (κ3) is 3.01. The molecule has 0 saturated heterocycles. The summed E-state index contributed by atoms with van der Waals surface area (Å²) < 4.78 is 1.09. The van der Waals surface area contributed by atoms with Crippen LogP contribution in [0.25, 0.3) is 11.0 Å². The molecular formula is C13H18N4O2. The van der Waals surface area contributed by atoms with Gasteiger partial charge in [-0.2, -0.15) is 0 Å². The van der Waals surface area contributed by atoms with Gasteiger partial charge in [-0.1, -0.05) is 26.2 Å². The van der Waals surface area contributed by atoms with Crippen molar-refractivity contribution in [1.82, 2.24) is 19.9 Å². The third-order valence-electron chi connectivity index (χ3n) is 3.00. The molecule has 0 aliphatic carbocycles. The summed E-state index contributed by atoms with van der Waals surface area (Å²) in [5.41, 5.74) is 0.675. The number of nitrogens with zero attached hydrogens (tertiary/aromatic N) is 2. The van der Waals surface area contributed by atoms with E-state index < -0.39 is 11.7 Å². The summed E-state index contributed by atoms with van der Waals surface area (Å²) in [5.74, 6) is 0. The van der Waals surface area contributed by atoms with Gasteiger partial charge < -0.3 is 10.3 Å². The van der Waals surface area contributed by atoms with Gasteiger partial charge in [0.2, 0.25) is 0 Å². The molecule has 2 N–H and O–H groups in total. The number of hydrogen-bond donors (Lipinski definition) is 2. The Kier molecular flexibility index (Phi) is 4.33. The Morgan fingerprint density at radius 3 is 3.05 bits per heavy atom. The largest absolute Gasteiger partial charge is 0.337 e. The molecule has 0 spiro atoms. The van der Waals surface area contributed by atoms with Crippen molar-refractivity contribution in [2.45, 2.75) is 32.6 Å². The summed E-state index contributed by atoms with van der Waals surface area (Å²) in [6.45, 7) is 2.72. The Bertz CT molecular complexity index is 614. The fourth-order valence-corrected chi connectivity index (χ4v) is 1.98. The molecule has 0 bridgehead atoms. The minimum Gasteiger partial charge on any atom is -0.337 e. The third-order valence-corrected chi connectivity index (χ3v) is 3.00. The van der Waals surface area contributed by atoms with Gasteiger partial charge in [0.25, 0.3) is 0 Å². The molecule has 2 rings (SSSR count). The fourth-order valence-electron chi connectivity index (χ4n) is 1.98. The highest BCUT2D eigenvalue weighted by atomic mass is 16.2. The maximum absolute atomic E-state index is 12.0. The molecule has 0 fully saturated rings. The summed E-state index contributed by atoms with van der Waals surface area (Å²) in [6, 6.07) is 1.27. The number of fused-ring (bicyclic) bond motifs is 1. The van der Waals surface area contributed by atoms with Gasteiger partial charge in [0.1, 0.15) is 0 Å². The number of carbonyl (C=O) groups is 1. The second kappa shape index (κ2) is 6.17. The predicted molar refractivity (Wildman–Crippen MR) is 73.3 cm³/mol. The lowest BCUT2D eigenvalue weighted by Gasteiger charge is -2.05. The molecule has 102 valence electrons. The Labute approximate surface area is 110 Å². The number of nitrogens with one attached hydrogen (secondary N) is 2. The van der Waals surface area contributed by atoms with Crippen LogP contribution in [0.2, 0.25) is 0 Å². The van der Waals surface area contributed by atoms with Crippen LogP contribution in [0.5, 0.6) is 0 Å². The van der Waals surface area contributed by atoms with Crippen LogP contribution >= 0.6 is 0 Å². The van der Waals surface area contributed by atoms with Crippen LogP contribution in [0.15, 0.2) is 23.3 Å². The van der Waals surface area contributed by atoms with Crippen molar-refractivity contribution in [3.05, 3.63) is 28.9 Å². The molecule has 0 saturated carbocycles. The SMILES string of the molecule is CCCCCCNC(=O)n1c(=O)[nH]c2ccncc21. The lowest BCUT2D eigenvalue weighted by molar-refractivity contribution is 0.242. The van der Waals surface area contributed by atoms with E-state index in [1.165, 1.54) is 6.20 Å². The van der Waals surface area contributed by atoms with Crippen LogP contribution in [-0.2, 0) is 0 Å². The lowest BCUT2D eigenvalue weighted by Crippen LogP contribution is -2.35. The highest BCUT2D eigenvalue weighted by Gasteiger charge is 2.12. The molecule has 0 unspecified atom stereocenters. The number of H-pyrrole nitrogens is 1. The first-order chi connectivity index (χ1) is 9.24. The van der Waals surface area contributed by atoms with E-state index in [9.17, 15) is 9.59 Å². The number of hydrogen-bond acceptors (Lipinski definition) is 3. The van der Waals surface area contributed by atoms with Crippen LogP contribution in [0.3, 0.4) is 0 Å². The molecular weight excluding hydrogens is 244 g/mol. The first-order valence-corrected chi connectivity index (χ1v) is 6.57. The number of unbranched alkanes of at least 4 members (excludes halogenated alkanes) is 3. The molecule has 6 nitrogen and oxygen atoms in total. The average Bonchev–Trinajstić information content (AvgIpc) is 2.74. The lowest BCUT2D eigenvalue weighted by atomic mass is 10.2. The van der Waals surface area contributed by atoms with Crippen LogP contribution in [0, 0.1) is 0 Å². The van der Waals surface area contributed by atoms with Crippen molar-refractivity contribution in [2.75, 3.05) is 6.54 Å². The Hall–Kier alpha value is -2.11. The zero-order valence-electron chi connectivity index (χ0n) is 11.0. The molecule has 19 heavy (non-hydrogen) atoms. The van der Waals surface area contributed by atoms with Crippen LogP contribution in [0.1, 0.15) is 32.6 Å². The first-order valence-electron chi connectivity index (χ1n) is 6.57. The van der Waals surface area contributed by atoms with Gasteiger partial charge in [-0.25, -0.2) is 14.2 Å². The smallest absolute Gasteiger partial charge is 0.334 e. The molecule has 1 amide bonds. The van der Waals surface area contributed by atoms with Crippen molar-refractivity contribution in [1.29, 1.82) is 0 Å². The van der Waals surface area contributed by atoms with Gasteiger partial charge >= 0.3 is 11.7 Å². The molecule has 0 atom stereocenters. The molecule has 0 aliphatic heterocycles. The van der Waals surface area contributed by atoms with Gasteiger partial charge in [0.15, 0.2) is 0 Å². The van der Waals surface area contributed by atoms with E-state index >= 15 is 0 Å². The van der Waals surface area contributed by atoms with Crippen molar-refractivity contribution in [3.8, 4) is 0 Å². The van der Waals surface area contributed by atoms with E-state index in [1.54, 1.807) is 12.3 Å². The van der Waals surface area contributed by atoms with E-state index in [0.29, 0.717) is 17.6 Å². The van der Waals surface area contributed by atoms with E-state index in [0.717, 1.165) is 30.3 Å². The summed E-state index contributed by atoms with van der Waals surface area (Å²) in [6.07, 6.45) is 7.40. The highest BCUT2D eigenvalue weighted by Crippen LogP contribution is 2.06. The summed E-state index contributed by atoms with van der Waals surface area (Å²) >= 11 is 0. The van der Waals surface area contributed by atoms with Crippen molar-refractivity contribution in [2.24, 2.45) is 0 Å². The number of amides is 1. The minimum atomic E-state index is -0.436. The van der Waals surface area contributed by atoms with Gasteiger partial charge in [0, 0.05) is 12.7 Å². The average molecular weight is 262 g/mol.